The first-order valence-electron chi connectivity index (χ1n) is 14.0. The normalized spacial score (nSPS) is 25.6. The van der Waals surface area contributed by atoms with Crippen molar-refractivity contribution in [1.82, 2.24) is 29.6 Å². The Morgan fingerprint density at radius 3 is 2.16 bits per heavy atom. The van der Waals surface area contributed by atoms with Crippen LogP contribution in [0.1, 0.15) is 44.6 Å². The number of likely N-dealkylation sites (tertiary alicyclic amines) is 1. The van der Waals surface area contributed by atoms with Crippen molar-refractivity contribution in [3.8, 4) is 0 Å². The lowest BCUT2D eigenvalue weighted by molar-refractivity contribution is -0.135. The van der Waals surface area contributed by atoms with E-state index in [1.54, 1.807) is 16.2 Å². The Bertz CT molecular complexity index is 1210. The minimum atomic E-state index is -0.649. The Hall–Kier alpha value is -2.69. The maximum absolute atomic E-state index is 13.1. The molecule has 2 aromatic rings. The zero-order chi connectivity index (χ0) is 25.5. The van der Waals surface area contributed by atoms with Crippen LogP contribution < -0.4 is 21.2 Å². The maximum atomic E-state index is 13.1. The number of anilines is 1. The Morgan fingerprint density at radius 2 is 1.46 bits per heavy atom. The lowest BCUT2D eigenvalue weighted by Gasteiger charge is -2.45. The van der Waals surface area contributed by atoms with E-state index in [0.717, 1.165) is 62.0 Å². The molecule has 4 fully saturated rings. The third-order valence-electron chi connectivity index (χ3n) is 9.11. The number of rotatable bonds is 4. The number of amides is 2. The van der Waals surface area contributed by atoms with Gasteiger partial charge in [0.1, 0.15) is 6.04 Å². The van der Waals surface area contributed by atoms with E-state index in [1.807, 2.05) is 6.07 Å². The maximum Gasteiger partial charge on any atom is 0.329 e. The van der Waals surface area contributed by atoms with Crippen molar-refractivity contribution in [2.75, 3.05) is 57.3 Å². The summed E-state index contributed by atoms with van der Waals surface area (Å²) >= 11 is 0. The minimum Gasteiger partial charge on any atom is -0.369 e. The lowest BCUT2D eigenvalue weighted by atomic mass is 9.97. The van der Waals surface area contributed by atoms with Crippen molar-refractivity contribution in [3.05, 3.63) is 28.7 Å². The summed E-state index contributed by atoms with van der Waals surface area (Å²) in [5.74, 6) is -0.670. The van der Waals surface area contributed by atoms with Crippen LogP contribution in [-0.4, -0.2) is 95.2 Å². The zero-order valence-electron chi connectivity index (χ0n) is 21.8. The molecule has 1 atom stereocenters. The number of piperidine rings is 3. The standard InChI is InChI=1S/C27H39N7O3/c1-30-24-18-21(2-3-22(24)34(27(30)37)23-4-5-25(35)29-26(23)36)33-16-14-32(15-17-33)20-8-12-31(13-9-20)19-6-10-28-11-7-19/h2-3,18-20,23,28H,4-17H2,1H3,(H,29,35,36). The quantitative estimate of drug-likeness (QED) is 0.585. The molecule has 0 bridgehead atoms. The fourth-order valence-electron chi connectivity index (χ4n) is 6.91. The highest BCUT2D eigenvalue weighted by atomic mass is 16.2. The molecule has 2 N–H and O–H groups in total. The molecule has 0 saturated carbocycles. The van der Waals surface area contributed by atoms with Gasteiger partial charge in [0.15, 0.2) is 0 Å². The predicted molar refractivity (Wildman–Crippen MR) is 143 cm³/mol. The van der Waals surface area contributed by atoms with Gasteiger partial charge < -0.3 is 15.1 Å². The van der Waals surface area contributed by atoms with E-state index < -0.39 is 11.9 Å². The molecule has 1 aromatic carbocycles. The molecule has 4 aliphatic rings. The summed E-state index contributed by atoms with van der Waals surface area (Å²) in [4.78, 5) is 45.0. The van der Waals surface area contributed by atoms with E-state index >= 15 is 0 Å². The lowest BCUT2D eigenvalue weighted by Crippen LogP contribution is -2.55. The predicted octanol–water partition coefficient (Wildman–Crippen LogP) is 0.656. The number of imide groups is 1. The van der Waals surface area contributed by atoms with Crippen LogP contribution in [0.4, 0.5) is 5.69 Å². The molecule has 4 aliphatic heterocycles. The number of nitrogens with one attached hydrogen (secondary N) is 2. The first-order chi connectivity index (χ1) is 18.0. The van der Waals surface area contributed by atoms with Crippen molar-refractivity contribution in [1.29, 1.82) is 0 Å². The van der Waals surface area contributed by atoms with Crippen molar-refractivity contribution < 1.29 is 9.59 Å². The van der Waals surface area contributed by atoms with Gasteiger partial charge in [-0.25, -0.2) is 4.79 Å². The molecule has 2 amide bonds. The van der Waals surface area contributed by atoms with Crippen LogP contribution in [0.5, 0.6) is 0 Å². The molecule has 0 spiro atoms. The Balaban J connectivity index is 1.10. The highest BCUT2D eigenvalue weighted by molar-refractivity contribution is 6.00. The Labute approximate surface area is 217 Å². The molecule has 6 rings (SSSR count). The molecule has 200 valence electrons. The number of piperazine rings is 1. The summed E-state index contributed by atoms with van der Waals surface area (Å²) in [7, 11) is 1.75. The molecule has 10 heteroatoms. The second kappa shape index (κ2) is 10.2. The second-order valence-electron chi connectivity index (χ2n) is 11.1. The number of nitrogens with zero attached hydrogens (tertiary/aromatic N) is 5. The van der Waals surface area contributed by atoms with Crippen LogP contribution in [-0.2, 0) is 16.6 Å². The van der Waals surface area contributed by atoms with Crippen molar-refractivity contribution in [2.45, 2.75) is 56.7 Å². The average molecular weight is 510 g/mol. The Kier molecular flexibility index (Phi) is 6.81. The van der Waals surface area contributed by atoms with Crippen molar-refractivity contribution in [2.24, 2.45) is 7.05 Å². The highest BCUT2D eigenvalue weighted by Crippen LogP contribution is 2.28. The van der Waals surface area contributed by atoms with E-state index in [1.165, 1.54) is 38.8 Å². The average Bonchev–Trinajstić information content (AvgIpc) is 3.18. The summed E-state index contributed by atoms with van der Waals surface area (Å²) in [5.41, 5.74) is 2.45. The van der Waals surface area contributed by atoms with Gasteiger partial charge >= 0.3 is 5.69 Å². The third-order valence-corrected chi connectivity index (χ3v) is 9.11. The summed E-state index contributed by atoms with van der Waals surface area (Å²) in [6.07, 6.45) is 5.72. The molecule has 1 aromatic heterocycles. The summed E-state index contributed by atoms with van der Waals surface area (Å²) in [6.45, 7) is 8.85. The minimum absolute atomic E-state index is 0.220. The fraction of sp³-hybridized carbons (Fsp3) is 0.667. The SMILES string of the molecule is Cn1c(=O)n(C2CCC(=O)NC2=O)c2ccc(N3CCN(C4CCN(C5CCNCC5)CC4)CC3)cc21. The third kappa shape index (κ3) is 4.70. The van der Waals surface area contributed by atoms with Crippen LogP contribution in [0.25, 0.3) is 11.0 Å². The first-order valence-corrected chi connectivity index (χ1v) is 14.0. The van der Waals surface area contributed by atoms with Crippen LogP contribution in [0, 0.1) is 0 Å². The molecule has 1 unspecified atom stereocenters. The smallest absolute Gasteiger partial charge is 0.329 e. The van der Waals surface area contributed by atoms with Gasteiger partial charge in [-0.2, -0.15) is 0 Å². The first kappa shape index (κ1) is 24.6. The number of aromatic nitrogens is 2. The van der Waals surface area contributed by atoms with E-state index in [-0.39, 0.29) is 18.0 Å². The van der Waals surface area contributed by atoms with E-state index in [4.69, 9.17) is 0 Å². The van der Waals surface area contributed by atoms with E-state index in [2.05, 4.69) is 37.5 Å². The number of hydrogen-bond donors (Lipinski definition) is 2. The number of hydrogen-bond acceptors (Lipinski definition) is 7. The molecular weight excluding hydrogens is 470 g/mol. The largest absolute Gasteiger partial charge is 0.369 e. The number of carbonyl (C=O) groups is 2. The summed E-state index contributed by atoms with van der Waals surface area (Å²) in [5, 5.41) is 5.86. The van der Waals surface area contributed by atoms with E-state index in [9.17, 15) is 14.4 Å². The molecule has 0 aliphatic carbocycles. The molecule has 0 radical (unpaired) electrons. The van der Waals surface area contributed by atoms with Crippen LogP contribution in [0.2, 0.25) is 0 Å². The monoisotopic (exact) mass is 509 g/mol. The summed E-state index contributed by atoms with van der Waals surface area (Å²) in [6, 6.07) is 6.91. The second-order valence-corrected chi connectivity index (χ2v) is 11.1. The zero-order valence-corrected chi connectivity index (χ0v) is 21.8. The number of carbonyl (C=O) groups excluding carboxylic acids is 2. The van der Waals surface area contributed by atoms with Gasteiger partial charge in [0, 0.05) is 57.4 Å². The fourth-order valence-corrected chi connectivity index (χ4v) is 6.91. The van der Waals surface area contributed by atoms with E-state index in [0.29, 0.717) is 12.5 Å². The number of benzene rings is 1. The van der Waals surface area contributed by atoms with Gasteiger partial charge in [0.2, 0.25) is 11.8 Å². The molecule has 37 heavy (non-hydrogen) atoms. The van der Waals surface area contributed by atoms with Crippen molar-refractivity contribution >= 4 is 28.5 Å². The van der Waals surface area contributed by atoms with Gasteiger partial charge in [0.05, 0.1) is 11.0 Å². The van der Waals surface area contributed by atoms with Crippen LogP contribution >= 0.6 is 0 Å². The van der Waals surface area contributed by atoms with Gasteiger partial charge in [-0.3, -0.25) is 28.9 Å². The number of aryl methyl sites for hydroxylation is 1. The molecular formula is C27H39N7O3. The Morgan fingerprint density at radius 1 is 0.784 bits per heavy atom. The van der Waals surface area contributed by atoms with Crippen molar-refractivity contribution in [3.63, 3.8) is 0 Å². The van der Waals surface area contributed by atoms with Gasteiger partial charge in [-0.1, -0.05) is 0 Å². The highest BCUT2D eigenvalue weighted by Gasteiger charge is 2.33. The number of imidazole rings is 1. The van der Waals surface area contributed by atoms with Crippen LogP contribution in [0.3, 0.4) is 0 Å². The molecule has 5 heterocycles. The molecule has 10 nitrogen and oxygen atoms in total. The van der Waals surface area contributed by atoms with Gasteiger partial charge in [-0.15, -0.1) is 0 Å². The van der Waals surface area contributed by atoms with Gasteiger partial charge in [-0.05, 0) is 76.5 Å². The number of fused-ring (bicyclic) bond motifs is 1. The summed E-state index contributed by atoms with van der Waals surface area (Å²) < 4.78 is 3.17. The van der Waals surface area contributed by atoms with Gasteiger partial charge in [0.25, 0.3) is 0 Å². The topological polar surface area (TPSA) is 94.8 Å². The van der Waals surface area contributed by atoms with Crippen LogP contribution in [0.15, 0.2) is 23.0 Å². The molecule has 4 saturated heterocycles.